The minimum atomic E-state index is -0.801. The third-order valence-electron chi connectivity index (χ3n) is 10.8. The van der Waals surface area contributed by atoms with Crippen LogP contribution in [-0.2, 0) is 28.6 Å². The van der Waals surface area contributed by atoms with Crippen molar-refractivity contribution in [3.63, 3.8) is 0 Å². The molecule has 6 nitrogen and oxygen atoms in total. The van der Waals surface area contributed by atoms with E-state index in [4.69, 9.17) is 14.2 Å². The molecule has 0 radical (unpaired) electrons. The Labute approximate surface area is 394 Å². The molecule has 0 saturated carbocycles. The molecule has 0 aliphatic heterocycles. The van der Waals surface area contributed by atoms with Gasteiger partial charge in [0.05, 0.1) is 0 Å². The van der Waals surface area contributed by atoms with E-state index in [1.807, 2.05) is 0 Å². The van der Waals surface area contributed by atoms with Crippen LogP contribution in [0.25, 0.3) is 0 Å². The molecular weight excluding hydrogens is 793 g/mol. The predicted octanol–water partition coefficient (Wildman–Crippen LogP) is 17.4. The van der Waals surface area contributed by atoms with Crippen LogP contribution in [0.15, 0.2) is 97.2 Å². The van der Waals surface area contributed by atoms with E-state index in [0.29, 0.717) is 19.3 Å². The van der Waals surface area contributed by atoms with E-state index < -0.39 is 6.10 Å². The molecule has 0 aromatic heterocycles. The summed E-state index contributed by atoms with van der Waals surface area (Å²) >= 11 is 0. The van der Waals surface area contributed by atoms with Crippen LogP contribution in [-0.4, -0.2) is 37.2 Å². The number of esters is 3. The van der Waals surface area contributed by atoms with Gasteiger partial charge in [0.15, 0.2) is 6.10 Å². The first-order chi connectivity index (χ1) is 31.5. The average Bonchev–Trinajstić information content (AvgIpc) is 3.29. The van der Waals surface area contributed by atoms with Gasteiger partial charge in [0.2, 0.25) is 0 Å². The fourth-order valence-corrected chi connectivity index (χ4v) is 6.87. The fraction of sp³-hybridized carbons (Fsp3) is 0.672. The summed E-state index contributed by atoms with van der Waals surface area (Å²) < 4.78 is 16.7. The molecule has 0 amide bonds. The van der Waals surface area contributed by atoms with E-state index in [9.17, 15) is 14.4 Å². The van der Waals surface area contributed by atoms with Gasteiger partial charge in [0, 0.05) is 19.3 Å². The van der Waals surface area contributed by atoms with Gasteiger partial charge in [-0.3, -0.25) is 14.4 Å². The lowest BCUT2D eigenvalue weighted by molar-refractivity contribution is -0.167. The molecular formula is C58H96O6. The van der Waals surface area contributed by atoms with Crippen LogP contribution in [0, 0.1) is 0 Å². The Morgan fingerprint density at radius 2 is 0.625 bits per heavy atom. The number of carbonyl (C=O) groups excluding carboxylic acids is 3. The Morgan fingerprint density at radius 3 is 1.03 bits per heavy atom. The Kier molecular flexibility index (Phi) is 49.0. The lowest BCUT2D eigenvalue weighted by Gasteiger charge is -2.18. The Hall–Kier alpha value is -3.67. The van der Waals surface area contributed by atoms with Crippen molar-refractivity contribution in [2.24, 2.45) is 0 Å². The van der Waals surface area contributed by atoms with E-state index >= 15 is 0 Å². The van der Waals surface area contributed by atoms with Gasteiger partial charge < -0.3 is 14.2 Å². The summed E-state index contributed by atoms with van der Waals surface area (Å²) in [5.74, 6) is -0.959. The SMILES string of the molecule is CC/C=C\C/C=C\C/C=C\C/C=C\C/C=C\C/C=C\CCCCC(=O)OCC(COC(=O)CCCCCCCCCCCCC)OC(=O)CCCCCCC/C=C\C/C=C\CCCC. The zero-order valence-electron chi connectivity index (χ0n) is 41.5. The van der Waals surface area contributed by atoms with Crippen LogP contribution < -0.4 is 0 Å². The van der Waals surface area contributed by atoms with Crippen LogP contribution in [0.2, 0.25) is 0 Å². The van der Waals surface area contributed by atoms with Crippen molar-refractivity contribution >= 4 is 17.9 Å². The zero-order chi connectivity index (χ0) is 46.5. The lowest BCUT2D eigenvalue weighted by atomic mass is 10.1. The van der Waals surface area contributed by atoms with Crippen molar-refractivity contribution in [1.29, 1.82) is 0 Å². The molecule has 0 bridgehead atoms. The monoisotopic (exact) mass is 889 g/mol. The number of ether oxygens (including phenoxy) is 3. The van der Waals surface area contributed by atoms with Gasteiger partial charge in [-0.2, -0.15) is 0 Å². The first kappa shape index (κ1) is 60.3. The summed E-state index contributed by atoms with van der Waals surface area (Å²) in [6.07, 6.45) is 68.2. The van der Waals surface area contributed by atoms with E-state index in [1.54, 1.807) is 0 Å². The van der Waals surface area contributed by atoms with Gasteiger partial charge in [-0.15, -0.1) is 0 Å². The summed E-state index contributed by atoms with van der Waals surface area (Å²) in [6, 6.07) is 0. The van der Waals surface area contributed by atoms with Crippen molar-refractivity contribution in [1.82, 2.24) is 0 Å². The molecule has 64 heavy (non-hydrogen) atoms. The number of rotatable bonds is 46. The van der Waals surface area contributed by atoms with Gasteiger partial charge >= 0.3 is 17.9 Å². The summed E-state index contributed by atoms with van der Waals surface area (Å²) in [5.41, 5.74) is 0. The first-order valence-electron chi connectivity index (χ1n) is 26.2. The quantitative estimate of drug-likeness (QED) is 0.0262. The molecule has 0 saturated heterocycles. The highest BCUT2D eigenvalue weighted by Gasteiger charge is 2.19. The van der Waals surface area contributed by atoms with E-state index in [1.165, 1.54) is 70.6 Å². The number of unbranched alkanes of at least 4 members (excludes halogenated alkanes) is 19. The molecule has 0 N–H and O–H groups in total. The Morgan fingerprint density at radius 1 is 0.328 bits per heavy atom. The van der Waals surface area contributed by atoms with Crippen molar-refractivity contribution in [3.8, 4) is 0 Å². The van der Waals surface area contributed by atoms with Gasteiger partial charge in [-0.05, 0) is 96.3 Å². The van der Waals surface area contributed by atoms with Crippen LogP contribution in [0.3, 0.4) is 0 Å². The fourth-order valence-electron chi connectivity index (χ4n) is 6.87. The molecule has 6 heteroatoms. The minimum Gasteiger partial charge on any atom is -0.462 e. The molecule has 0 aromatic carbocycles. The lowest BCUT2D eigenvalue weighted by Crippen LogP contribution is -2.30. The molecule has 364 valence electrons. The topological polar surface area (TPSA) is 78.9 Å². The first-order valence-corrected chi connectivity index (χ1v) is 26.2. The van der Waals surface area contributed by atoms with Gasteiger partial charge in [0.25, 0.3) is 0 Å². The maximum atomic E-state index is 12.8. The molecule has 0 rings (SSSR count). The van der Waals surface area contributed by atoms with Crippen molar-refractivity contribution in [2.75, 3.05) is 13.2 Å². The number of hydrogen-bond donors (Lipinski definition) is 0. The van der Waals surface area contributed by atoms with E-state index in [2.05, 4.69) is 118 Å². The molecule has 0 spiro atoms. The maximum Gasteiger partial charge on any atom is 0.306 e. The highest BCUT2D eigenvalue weighted by Crippen LogP contribution is 2.14. The van der Waals surface area contributed by atoms with Crippen LogP contribution in [0.4, 0.5) is 0 Å². The van der Waals surface area contributed by atoms with Gasteiger partial charge in [-0.25, -0.2) is 0 Å². The van der Waals surface area contributed by atoms with Crippen LogP contribution in [0.5, 0.6) is 0 Å². The zero-order valence-corrected chi connectivity index (χ0v) is 41.5. The number of hydrogen-bond acceptors (Lipinski definition) is 6. The number of allylic oxidation sites excluding steroid dienone is 16. The van der Waals surface area contributed by atoms with Crippen LogP contribution in [0.1, 0.15) is 233 Å². The van der Waals surface area contributed by atoms with Crippen LogP contribution >= 0.6 is 0 Å². The highest BCUT2D eigenvalue weighted by molar-refractivity contribution is 5.71. The van der Waals surface area contributed by atoms with E-state index in [0.717, 1.165) is 122 Å². The summed E-state index contributed by atoms with van der Waals surface area (Å²) in [6.45, 7) is 6.42. The molecule has 0 aliphatic carbocycles. The predicted molar refractivity (Wildman–Crippen MR) is 274 cm³/mol. The third kappa shape index (κ3) is 49.3. The Bertz CT molecular complexity index is 1300. The highest BCUT2D eigenvalue weighted by atomic mass is 16.6. The van der Waals surface area contributed by atoms with Crippen molar-refractivity contribution in [3.05, 3.63) is 97.2 Å². The van der Waals surface area contributed by atoms with Crippen molar-refractivity contribution < 1.29 is 28.6 Å². The largest absolute Gasteiger partial charge is 0.462 e. The normalized spacial score (nSPS) is 12.9. The minimum absolute atomic E-state index is 0.0966. The molecule has 0 fully saturated rings. The molecule has 0 aliphatic rings. The number of carbonyl (C=O) groups is 3. The summed E-state index contributed by atoms with van der Waals surface area (Å²) in [5, 5.41) is 0. The third-order valence-corrected chi connectivity index (χ3v) is 10.8. The van der Waals surface area contributed by atoms with Crippen molar-refractivity contribution in [2.45, 2.75) is 239 Å². The summed E-state index contributed by atoms with van der Waals surface area (Å²) in [7, 11) is 0. The van der Waals surface area contributed by atoms with Gasteiger partial charge in [0.1, 0.15) is 13.2 Å². The second-order valence-electron chi connectivity index (χ2n) is 17.1. The van der Waals surface area contributed by atoms with E-state index in [-0.39, 0.29) is 31.1 Å². The molecule has 0 aromatic rings. The molecule has 1 unspecified atom stereocenters. The second-order valence-corrected chi connectivity index (χ2v) is 17.1. The average molecular weight is 889 g/mol. The Balaban J connectivity index is 4.46. The molecule has 0 heterocycles. The molecule has 1 atom stereocenters. The maximum absolute atomic E-state index is 12.8. The standard InChI is InChI=1S/C58H96O6/c1-4-7-10-13-16-19-22-24-26-27-28-29-30-31-32-34-36-39-42-45-48-51-57(60)63-54-55(53-62-56(59)50-47-44-41-38-35-21-18-15-12-9-6-3)64-58(61)52-49-46-43-40-37-33-25-23-20-17-14-11-8-5-2/h7,10,14,16-17,19,23-26,28-29,31-32,36,39,55H,4-6,8-9,11-13,15,18,20-22,27,30,33-35,37-38,40-54H2,1-3H3/b10-7-,17-14-,19-16-,25-23-,26-24-,29-28-,32-31-,39-36-. The summed E-state index contributed by atoms with van der Waals surface area (Å²) in [4.78, 5) is 37.9. The van der Waals surface area contributed by atoms with Gasteiger partial charge in [-0.1, -0.05) is 214 Å². The smallest absolute Gasteiger partial charge is 0.306 e. The second kappa shape index (κ2) is 52.0.